The predicted octanol–water partition coefficient (Wildman–Crippen LogP) is 1.94. The quantitative estimate of drug-likeness (QED) is 0.508. The summed E-state index contributed by atoms with van der Waals surface area (Å²) in [4.78, 5) is 10.9. The van der Waals surface area contributed by atoms with Gasteiger partial charge in [0.15, 0.2) is 6.07 Å². The van der Waals surface area contributed by atoms with Gasteiger partial charge in [0, 0.05) is 0 Å². The van der Waals surface area contributed by atoms with E-state index in [1.165, 1.54) is 0 Å². The van der Waals surface area contributed by atoms with Crippen molar-refractivity contribution >= 4 is 17.6 Å². The van der Waals surface area contributed by atoms with E-state index >= 15 is 0 Å². The number of aryl methyl sites for hydroxylation is 1. The van der Waals surface area contributed by atoms with Gasteiger partial charge in [-0.25, -0.2) is 4.79 Å². The van der Waals surface area contributed by atoms with E-state index in [-0.39, 0.29) is 11.8 Å². The monoisotopic (exact) mass is 174 g/mol. The number of carbonyl (C=O) groups is 1. The molecule has 1 heterocycles. The Hall–Kier alpha value is -0.960. The van der Waals surface area contributed by atoms with Crippen molar-refractivity contribution in [1.82, 2.24) is 0 Å². The summed E-state index contributed by atoms with van der Waals surface area (Å²) in [6, 6.07) is 3.08. The van der Waals surface area contributed by atoms with Gasteiger partial charge in [-0.15, -0.1) is 0 Å². The van der Waals surface area contributed by atoms with Gasteiger partial charge < -0.3 is 9.15 Å². The molecule has 0 aromatic carbocycles. The van der Waals surface area contributed by atoms with Gasteiger partial charge in [-0.05, 0) is 19.1 Å². The maximum Gasteiger partial charge on any atom is 0.375 e. The molecule has 0 saturated carbocycles. The molecule has 0 amide bonds. The van der Waals surface area contributed by atoms with Crippen LogP contribution < -0.4 is 0 Å². The molecule has 0 saturated heterocycles. The zero-order chi connectivity index (χ0) is 8.27. The molecule has 4 heteroatoms. The van der Waals surface area contributed by atoms with Gasteiger partial charge >= 0.3 is 5.97 Å². The minimum atomic E-state index is -0.534. The van der Waals surface area contributed by atoms with E-state index < -0.39 is 5.97 Å². The summed E-state index contributed by atoms with van der Waals surface area (Å²) >= 11 is 5.17. The standard InChI is InChI=1S/C7H7ClO3/c1-5-2-3-6(11-5)7(9)10-4-8/h2-3H,4H2,1H3. The number of rotatable bonds is 2. The lowest BCUT2D eigenvalue weighted by atomic mass is 10.4. The van der Waals surface area contributed by atoms with Gasteiger partial charge in [0.2, 0.25) is 5.76 Å². The van der Waals surface area contributed by atoms with Gasteiger partial charge in [-0.3, -0.25) is 0 Å². The van der Waals surface area contributed by atoms with Crippen LogP contribution in [0, 0.1) is 6.92 Å². The molecule has 1 rings (SSSR count). The average Bonchev–Trinajstić information content (AvgIpc) is 2.36. The second kappa shape index (κ2) is 3.44. The van der Waals surface area contributed by atoms with Crippen molar-refractivity contribution in [1.29, 1.82) is 0 Å². The number of hydrogen-bond donors (Lipinski definition) is 0. The fourth-order valence-electron chi connectivity index (χ4n) is 0.665. The molecule has 3 nitrogen and oxygen atoms in total. The van der Waals surface area contributed by atoms with Crippen molar-refractivity contribution in [3.63, 3.8) is 0 Å². The first-order valence-electron chi connectivity index (χ1n) is 3.03. The Morgan fingerprint density at radius 3 is 2.91 bits per heavy atom. The summed E-state index contributed by atoms with van der Waals surface area (Å²) in [6.07, 6.45) is 0. The average molecular weight is 175 g/mol. The van der Waals surface area contributed by atoms with E-state index in [4.69, 9.17) is 16.0 Å². The topological polar surface area (TPSA) is 39.4 Å². The van der Waals surface area contributed by atoms with Gasteiger partial charge in [0.1, 0.15) is 5.76 Å². The van der Waals surface area contributed by atoms with Crippen LogP contribution in [-0.4, -0.2) is 12.0 Å². The van der Waals surface area contributed by atoms with Crippen molar-refractivity contribution in [2.75, 3.05) is 6.07 Å². The Balaban J connectivity index is 2.69. The molecule has 0 fully saturated rings. The van der Waals surface area contributed by atoms with Gasteiger partial charge in [-0.1, -0.05) is 11.6 Å². The molecule has 0 atom stereocenters. The molecule has 11 heavy (non-hydrogen) atoms. The van der Waals surface area contributed by atoms with Crippen LogP contribution in [-0.2, 0) is 4.74 Å². The third-order valence-electron chi connectivity index (χ3n) is 1.13. The van der Waals surface area contributed by atoms with Crippen molar-refractivity contribution in [2.45, 2.75) is 6.92 Å². The summed E-state index contributed by atoms with van der Waals surface area (Å²) in [6.45, 7) is 1.75. The number of halogens is 1. The second-order valence-corrected chi connectivity index (χ2v) is 2.17. The molecule has 0 aliphatic heterocycles. The van der Waals surface area contributed by atoms with Crippen molar-refractivity contribution in [3.05, 3.63) is 23.7 Å². The second-order valence-electron chi connectivity index (χ2n) is 1.95. The maximum atomic E-state index is 10.9. The van der Waals surface area contributed by atoms with E-state index in [0.717, 1.165) is 0 Å². The Labute approximate surface area is 68.9 Å². The number of alkyl halides is 1. The highest BCUT2D eigenvalue weighted by molar-refractivity contribution is 6.17. The number of furan rings is 1. The van der Waals surface area contributed by atoms with Gasteiger partial charge in [0.05, 0.1) is 0 Å². The van der Waals surface area contributed by atoms with E-state index in [1.54, 1.807) is 19.1 Å². The highest BCUT2D eigenvalue weighted by atomic mass is 35.5. The van der Waals surface area contributed by atoms with Gasteiger partial charge in [0.25, 0.3) is 0 Å². The Morgan fingerprint density at radius 1 is 1.73 bits per heavy atom. The molecule has 0 spiro atoms. The molecular weight excluding hydrogens is 168 g/mol. The number of carbonyl (C=O) groups excluding carboxylic acids is 1. The molecule has 0 aliphatic rings. The first-order valence-corrected chi connectivity index (χ1v) is 3.57. The van der Waals surface area contributed by atoms with E-state index in [2.05, 4.69) is 4.74 Å². The lowest BCUT2D eigenvalue weighted by Gasteiger charge is -1.94. The van der Waals surface area contributed by atoms with Crippen LogP contribution >= 0.6 is 11.6 Å². The molecule has 60 valence electrons. The highest BCUT2D eigenvalue weighted by Crippen LogP contribution is 2.07. The lowest BCUT2D eigenvalue weighted by molar-refractivity contribution is 0.0537. The number of hydrogen-bond acceptors (Lipinski definition) is 3. The summed E-state index contributed by atoms with van der Waals surface area (Å²) in [5.74, 6) is 0.322. The SMILES string of the molecule is Cc1ccc(C(=O)OCCl)o1. The summed E-state index contributed by atoms with van der Waals surface area (Å²) in [7, 11) is 0. The number of esters is 1. The normalized spacial score (nSPS) is 9.64. The van der Waals surface area contributed by atoms with Crippen molar-refractivity contribution < 1.29 is 13.9 Å². The molecule has 0 N–H and O–H groups in total. The first kappa shape index (κ1) is 8.14. The summed E-state index contributed by atoms with van der Waals surface area (Å²) in [5, 5.41) is 0. The zero-order valence-electron chi connectivity index (χ0n) is 5.96. The van der Waals surface area contributed by atoms with Crippen LogP contribution in [0.25, 0.3) is 0 Å². The van der Waals surface area contributed by atoms with Crippen LogP contribution in [0.5, 0.6) is 0 Å². The van der Waals surface area contributed by atoms with Gasteiger partial charge in [-0.2, -0.15) is 0 Å². The number of ether oxygens (including phenoxy) is 1. The van der Waals surface area contributed by atoms with Crippen LogP contribution in [0.15, 0.2) is 16.5 Å². The molecule has 0 radical (unpaired) electrons. The minimum Gasteiger partial charge on any atom is -0.454 e. The Kier molecular flexibility index (Phi) is 2.54. The van der Waals surface area contributed by atoms with Crippen LogP contribution in [0.1, 0.15) is 16.3 Å². The summed E-state index contributed by atoms with van der Waals surface area (Å²) < 4.78 is 9.44. The molecule has 1 aromatic rings. The molecule has 1 aromatic heterocycles. The summed E-state index contributed by atoms with van der Waals surface area (Å²) in [5.41, 5.74) is 0. The molecule has 0 bridgehead atoms. The Bertz CT molecular complexity index is 254. The predicted molar refractivity (Wildman–Crippen MR) is 39.6 cm³/mol. The zero-order valence-corrected chi connectivity index (χ0v) is 6.72. The molecule has 0 unspecified atom stereocenters. The molecule has 0 aliphatic carbocycles. The third kappa shape index (κ3) is 1.98. The fourth-order valence-corrected chi connectivity index (χ4v) is 0.764. The third-order valence-corrected chi connectivity index (χ3v) is 1.24. The van der Waals surface area contributed by atoms with Crippen LogP contribution in [0.2, 0.25) is 0 Å². The lowest BCUT2D eigenvalue weighted by Crippen LogP contribution is -2.01. The van der Waals surface area contributed by atoms with E-state index in [1.807, 2.05) is 0 Å². The van der Waals surface area contributed by atoms with Crippen molar-refractivity contribution in [3.8, 4) is 0 Å². The van der Waals surface area contributed by atoms with Crippen LogP contribution in [0.3, 0.4) is 0 Å². The fraction of sp³-hybridized carbons (Fsp3) is 0.286. The smallest absolute Gasteiger partial charge is 0.375 e. The van der Waals surface area contributed by atoms with E-state index in [9.17, 15) is 4.79 Å². The Morgan fingerprint density at radius 2 is 2.45 bits per heavy atom. The largest absolute Gasteiger partial charge is 0.454 e. The van der Waals surface area contributed by atoms with Crippen LogP contribution in [0.4, 0.5) is 0 Å². The van der Waals surface area contributed by atoms with Crippen molar-refractivity contribution in [2.24, 2.45) is 0 Å². The first-order chi connectivity index (χ1) is 5.24. The maximum absolute atomic E-state index is 10.9. The van der Waals surface area contributed by atoms with E-state index in [0.29, 0.717) is 5.76 Å². The molecular formula is C7H7ClO3. The highest BCUT2D eigenvalue weighted by Gasteiger charge is 2.09. The minimum absolute atomic E-state index is 0.154.